The summed E-state index contributed by atoms with van der Waals surface area (Å²) in [6.45, 7) is 0.691. The number of benzene rings is 2. The lowest BCUT2D eigenvalue weighted by molar-refractivity contribution is 0.0956. The fourth-order valence-electron chi connectivity index (χ4n) is 4.20. The van der Waals surface area contributed by atoms with Gasteiger partial charge in [0.1, 0.15) is 5.65 Å². The highest BCUT2D eigenvalue weighted by Gasteiger charge is 2.19. The van der Waals surface area contributed by atoms with E-state index in [9.17, 15) is 4.79 Å². The number of aryl methyl sites for hydroxylation is 1. The first-order valence-corrected chi connectivity index (χ1v) is 11.8. The van der Waals surface area contributed by atoms with E-state index in [2.05, 4.69) is 57.7 Å². The highest BCUT2D eigenvalue weighted by Crippen LogP contribution is 2.34. The zero-order valence-electron chi connectivity index (χ0n) is 17.8. The largest absolute Gasteiger partial charge is 0.351 e. The van der Waals surface area contributed by atoms with Crippen molar-refractivity contribution in [1.29, 1.82) is 0 Å². The van der Waals surface area contributed by atoms with Crippen molar-refractivity contribution >= 4 is 38.4 Å². The van der Waals surface area contributed by atoms with Crippen LogP contribution >= 0.6 is 11.3 Å². The van der Waals surface area contributed by atoms with Gasteiger partial charge >= 0.3 is 0 Å². The van der Waals surface area contributed by atoms with Crippen molar-refractivity contribution in [2.45, 2.75) is 25.7 Å². The molecule has 0 fully saturated rings. The maximum Gasteiger partial charge on any atom is 0.261 e. The van der Waals surface area contributed by atoms with Gasteiger partial charge in [0.2, 0.25) is 0 Å². The average Bonchev–Trinajstić information content (AvgIpc) is 3.45. The van der Waals surface area contributed by atoms with Crippen LogP contribution in [0.15, 0.2) is 79.1 Å². The van der Waals surface area contributed by atoms with Crippen LogP contribution in [0.2, 0.25) is 0 Å². The number of nitrogens with zero attached hydrogens (tertiary/aromatic N) is 1. The van der Waals surface area contributed by atoms with Crippen molar-refractivity contribution in [1.82, 2.24) is 15.3 Å². The van der Waals surface area contributed by atoms with Gasteiger partial charge < -0.3 is 10.3 Å². The summed E-state index contributed by atoms with van der Waals surface area (Å²) < 4.78 is 1.15. The summed E-state index contributed by atoms with van der Waals surface area (Å²) >= 11 is 1.58. The number of carbonyl (C=O) groups excluding carboxylic acids is 1. The Labute approximate surface area is 191 Å². The van der Waals surface area contributed by atoms with Gasteiger partial charge in [-0.3, -0.25) is 4.79 Å². The number of pyridine rings is 1. The molecule has 2 N–H and O–H groups in total. The summed E-state index contributed by atoms with van der Waals surface area (Å²) in [6.07, 6.45) is 7.52. The number of rotatable bonds is 8. The van der Waals surface area contributed by atoms with Crippen molar-refractivity contribution in [3.8, 4) is 0 Å². The molecule has 5 aromatic rings. The van der Waals surface area contributed by atoms with E-state index in [0.717, 1.165) is 50.8 Å². The summed E-state index contributed by atoms with van der Waals surface area (Å²) in [5, 5.41) is 5.42. The van der Waals surface area contributed by atoms with Crippen LogP contribution in [0.4, 0.5) is 0 Å². The quantitative estimate of drug-likeness (QED) is 0.286. The predicted molar refractivity (Wildman–Crippen MR) is 132 cm³/mol. The van der Waals surface area contributed by atoms with Crippen molar-refractivity contribution in [3.63, 3.8) is 0 Å². The Morgan fingerprint density at radius 3 is 2.69 bits per heavy atom. The number of H-pyrrole nitrogens is 1. The van der Waals surface area contributed by atoms with Crippen LogP contribution in [0, 0.1) is 0 Å². The van der Waals surface area contributed by atoms with E-state index in [1.165, 1.54) is 11.1 Å². The Hall–Kier alpha value is -3.44. The summed E-state index contributed by atoms with van der Waals surface area (Å²) in [5.74, 6) is 0.0280. The third-order valence-electron chi connectivity index (χ3n) is 5.84. The van der Waals surface area contributed by atoms with Gasteiger partial charge in [-0.2, -0.15) is 0 Å². The standard InChI is InChI=1S/C27H25N3OS/c31-27(30-15-7-6-10-19-8-2-1-3-9-19)25-23(22-11-4-5-12-24(22)32-25)18-20-13-16-28-26-21(20)14-17-29-26/h1-5,8-9,11-14,16-17H,6-7,10,15,18H2,(H,28,29)(H,30,31). The van der Waals surface area contributed by atoms with Crippen molar-refractivity contribution in [2.75, 3.05) is 6.54 Å². The Bertz CT molecular complexity index is 1350. The van der Waals surface area contributed by atoms with E-state index < -0.39 is 0 Å². The first-order chi connectivity index (χ1) is 15.8. The third-order valence-corrected chi connectivity index (χ3v) is 7.05. The highest BCUT2D eigenvalue weighted by atomic mass is 32.1. The number of carbonyl (C=O) groups is 1. The number of hydrogen-bond donors (Lipinski definition) is 2. The molecule has 4 nitrogen and oxygen atoms in total. The van der Waals surface area contributed by atoms with Gasteiger partial charge in [-0.25, -0.2) is 4.98 Å². The maximum absolute atomic E-state index is 13.2. The molecule has 0 unspecified atom stereocenters. The van der Waals surface area contributed by atoms with Crippen molar-refractivity contribution < 1.29 is 4.79 Å². The van der Waals surface area contributed by atoms with Crippen LogP contribution in [0.1, 0.15) is 39.2 Å². The molecule has 0 saturated heterocycles. The lowest BCUT2D eigenvalue weighted by Crippen LogP contribution is -2.24. The van der Waals surface area contributed by atoms with E-state index in [-0.39, 0.29) is 5.91 Å². The fraction of sp³-hybridized carbons (Fsp3) is 0.185. The Morgan fingerprint density at radius 1 is 0.938 bits per heavy atom. The second-order valence-corrected chi connectivity index (χ2v) is 9.04. The monoisotopic (exact) mass is 439 g/mol. The van der Waals surface area contributed by atoms with Crippen LogP contribution in [0.5, 0.6) is 0 Å². The minimum Gasteiger partial charge on any atom is -0.351 e. The van der Waals surface area contributed by atoms with Gasteiger partial charge in [0.15, 0.2) is 0 Å². The molecule has 0 aliphatic heterocycles. The van der Waals surface area contributed by atoms with Crippen LogP contribution < -0.4 is 5.32 Å². The van der Waals surface area contributed by atoms with Crippen LogP contribution in [0.3, 0.4) is 0 Å². The van der Waals surface area contributed by atoms with Crippen LogP contribution in [-0.4, -0.2) is 22.4 Å². The number of nitrogens with one attached hydrogen (secondary N) is 2. The van der Waals surface area contributed by atoms with Gasteiger partial charge in [-0.15, -0.1) is 11.3 Å². The Morgan fingerprint density at radius 2 is 1.78 bits per heavy atom. The van der Waals surface area contributed by atoms with Gasteiger partial charge in [0.05, 0.1) is 4.88 Å². The molecular weight excluding hydrogens is 414 g/mol. The molecule has 5 heteroatoms. The topological polar surface area (TPSA) is 57.8 Å². The Balaban J connectivity index is 1.32. The molecule has 0 aliphatic rings. The zero-order chi connectivity index (χ0) is 21.8. The molecular formula is C27H25N3OS. The van der Waals surface area contributed by atoms with Crippen molar-refractivity contribution in [2.24, 2.45) is 0 Å². The lowest BCUT2D eigenvalue weighted by Gasteiger charge is -2.08. The first-order valence-electron chi connectivity index (χ1n) is 11.0. The molecule has 1 amide bonds. The van der Waals surface area contributed by atoms with Crippen LogP contribution in [-0.2, 0) is 12.8 Å². The summed E-state index contributed by atoms with van der Waals surface area (Å²) in [7, 11) is 0. The molecule has 0 atom stereocenters. The summed E-state index contributed by atoms with van der Waals surface area (Å²) in [4.78, 5) is 21.5. The highest BCUT2D eigenvalue weighted by molar-refractivity contribution is 7.21. The van der Waals surface area contributed by atoms with E-state index in [0.29, 0.717) is 13.0 Å². The molecule has 0 radical (unpaired) electrons. The number of amides is 1. The van der Waals surface area contributed by atoms with Crippen molar-refractivity contribution in [3.05, 3.63) is 101 Å². The average molecular weight is 440 g/mol. The molecule has 32 heavy (non-hydrogen) atoms. The number of aromatic amines is 1. The third kappa shape index (κ3) is 4.30. The lowest BCUT2D eigenvalue weighted by atomic mass is 10.00. The van der Waals surface area contributed by atoms with E-state index >= 15 is 0 Å². The summed E-state index contributed by atoms with van der Waals surface area (Å²) in [5.41, 5.74) is 4.50. The number of unbranched alkanes of at least 4 members (excludes halogenated alkanes) is 1. The molecule has 3 aromatic heterocycles. The van der Waals surface area contributed by atoms with Crippen LogP contribution in [0.25, 0.3) is 21.1 Å². The first kappa shape index (κ1) is 20.5. The number of aromatic nitrogens is 2. The maximum atomic E-state index is 13.2. The summed E-state index contributed by atoms with van der Waals surface area (Å²) in [6, 6.07) is 22.9. The molecule has 0 saturated carbocycles. The van der Waals surface area contributed by atoms with Gasteiger partial charge in [0.25, 0.3) is 5.91 Å². The van der Waals surface area contributed by atoms with E-state index in [1.54, 1.807) is 11.3 Å². The normalized spacial score (nSPS) is 11.2. The predicted octanol–water partition coefficient (Wildman–Crippen LogP) is 6.12. The zero-order valence-corrected chi connectivity index (χ0v) is 18.6. The van der Waals surface area contributed by atoms with Gasteiger partial charge in [-0.1, -0.05) is 48.5 Å². The number of fused-ring (bicyclic) bond motifs is 2. The second-order valence-electron chi connectivity index (χ2n) is 7.99. The molecule has 0 aliphatic carbocycles. The number of thiophene rings is 1. The molecule has 0 bridgehead atoms. The SMILES string of the molecule is O=C(NCCCCc1ccccc1)c1sc2ccccc2c1Cc1ccnc2[nH]ccc12. The molecule has 5 rings (SSSR count). The molecule has 3 heterocycles. The minimum absolute atomic E-state index is 0.0280. The molecule has 2 aromatic carbocycles. The second kappa shape index (κ2) is 9.37. The minimum atomic E-state index is 0.0280. The number of hydrogen-bond acceptors (Lipinski definition) is 3. The smallest absolute Gasteiger partial charge is 0.261 e. The Kier molecular flexibility index (Phi) is 5.99. The molecule has 0 spiro atoms. The fourth-order valence-corrected chi connectivity index (χ4v) is 5.34. The van der Waals surface area contributed by atoms with Gasteiger partial charge in [0, 0.05) is 35.4 Å². The molecule has 160 valence electrons. The van der Waals surface area contributed by atoms with Gasteiger partial charge in [-0.05, 0) is 59.5 Å². The van der Waals surface area contributed by atoms with E-state index in [4.69, 9.17) is 0 Å². The van der Waals surface area contributed by atoms with E-state index in [1.807, 2.05) is 36.7 Å².